The highest BCUT2D eigenvalue weighted by atomic mass is 31.2. The van der Waals surface area contributed by atoms with Gasteiger partial charge in [0.1, 0.15) is 19.8 Å². The second kappa shape index (κ2) is 62.9. The van der Waals surface area contributed by atoms with E-state index in [1.54, 1.807) is 0 Å². The van der Waals surface area contributed by atoms with Crippen molar-refractivity contribution < 1.29 is 42.1 Å². The van der Waals surface area contributed by atoms with Crippen LogP contribution >= 0.6 is 7.82 Å². The standard InChI is InChI=1S/C74H120NO8P/c1-6-8-10-12-14-16-18-20-22-24-26-28-29-30-31-32-33-34-35-36-37-38-39-40-41-42-43-44-45-47-49-51-53-55-57-59-61-63-65-67-74(77)83-72(71-82-84(78,79)81-69-68-75(3,4)5)70-80-73(76)66-64-62-60-58-56-54-52-50-48-46-27-25-23-21-19-17-15-13-11-9-7-2/h8,10,14,16,19-22,25-28,30-31,33-34,36-37,39-40,42-43,45,47-48,50-51,53,72H,6-7,9,11-13,15,17-18,23-24,29,32,35,38,41,44,46,49,52,54-71H2,1-5H3/b10-8-,16-14-,21-19-,22-20-,27-25-,28-26-,31-30-,34-33-,37-36-,40-39-,43-42-,47-45-,50-48-,53-51-. The molecule has 474 valence electrons. The first-order valence-electron chi connectivity index (χ1n) is 32.8. The average molecular weight is 1180 g/mol. The predicted molar refractivity (Wildman–Crippen MR) is 360 cm³/mol. The summed E-state index contributed by atoms with van der Waals surface area (Å²) in [6, 6.07) is 0. The number of likely N-dealkylation sites (N-methyl/N-ethyl adjacent to an activating group) is 1. The van der Waals surface area contributed by atoms with Crippen molar-refractivity contribution >= 4 is 19.8 Å². The van der Waals surface area contributed by atoms with Crippen LogP contribution < -0.4 is 4.89 Å². The Labute approximate surface area is 515 Å². The summed E-state index contributed by atoms with van der Waals surface area (Å²) in [5.74, 6) is -0.882. The molecule has 0 aromatic heterocycles. The number of rotatable bonds is 58. The molecule has 0 saturated heterocycles. The largest absolute Gasteiger partial charge is 0.756 e. The molecule has 2 atom stereocenters. The predicted octanol–water partition coefficient (Wildman–Crippen LogP) is 20.7. The molecule has 9 nitrogen and oxygen atoms in total. The van der Waals surface area contributed by atoms with Crippen molar-refractivity contribution in [3.8, 4) is 0 Å². The average Bonchev–Trinajstić information content (AvgIpc) is 3.61. The zero-order valence-corrected chi connectivity index (χ0v) is 54.7. The van der Waals surface area contributed by atoms with Crippen LogP contribution in [0.3, 0.4) is 0 Å². The Bertz CT molecular complexity index is 2020. The van der Waals surface area contributed by atoms with E-state index in [4.69, 9.17) is 18.5 Å². The van der Waals surface area contributed by atoms with E-state index < -0.39 is 32.5 Å². The highest BCUT2D eigenvalue weighted by molar-refractivity contribution is 7.45. The molecule has 2 unspecified atom stereocenters. The molecular weight excluding hydrogens is 1060 g/mol. The lowest BCUT2D eigenvalue weighted by atomic mass is 10.1. The SMILES string of the molecule is CC/C=C\C/C=C\C/C=C\C/C=C\C/C=C\C/C=C\C/C=C\C/C=C\C/C=C\C/C=C\C/C=C\CCCCCCCC(=O)OC(COC(=O)CCCCCCCC/C=C\C/C=C\C/C=C\CCCCCCC)COP(=O)([O-])OCC[N+](C)(C)C. The quantitative estimate of drug-likeness (QED) is 0.0195. The van der Waals surface area contributed by atoms with E-state index in [0.717, 1.165) is 154 Å². The highest BCUT2D eigenvalue weighted by Gasteiger charge is 2.22. The van der Waals surface area contributed by atoms with Gasteiger partial charge in [-0.2, -0.15) is 0 Å². The molecule has 0 aliphatic heterocycles. The number of hydrogen-bond donors (Lipinski definition) is 0. The van der Waals surface area contributed by atoms with E-state index in [9.17, 15) is 19.0 Å². The summed E-state index contributed by atoms with van der Waals surface area (Å²) in [5, 5.41) is 0. The lowest BCUT2D eigenvalue weighted by molar-refractivity contribution is -0.870. The first-order valence-corrected chi connectivity index (χ1v) is 34.3. The van der Waals surface area contributed by atoms with Crippen LogP contribution in [0.1, 0.15) is 232 Å². The fraction of sp³-hybridized carbons (Fsp3) is 0.595. The number of quaternary nitrogens is 1. The number of hydrogen-bond acceptors (Lipinski definition) is 8. The van der Waals surface area contributed by atoms with E-state index in [2.05, 4.69) is 184 Å². The minimum Gasteiger partial charge on any atom is -0.756 e. The van der Waals surface area contributed by atoms with Crippen LogP contribution in [-0.2, 0) is 32.7 Å². The summed E-state index contributed by atoms with van der Waals surface area (Å²) in [4.78, 5) is 38.0. The van der Waals surface area contributed by atoms with Gasteiger partial charge in [0, 0.05) is 12.8 Å². The molecule has 0 heterocycles. The molecule has 0 radical (unpaired) electrons. The topological polar surface area (TPSA) is 111 Å². The highest BCUT2D eigenvalue weighted by Crippen LogP contribution is 2.38. The van der Waals surface area contributed by atoms with E-state index in [0.29, 0.717) is 23.9 Å². The Balaban J connectivity index is 4.22. The van der Waals surface area contributed by atoms with Crippen LogP contribution in [0.5, 0.6) is 0 Å². The van der Waals surface area contributed by atoms with Crippen LogP contribution in [0.25, 0.3) is 0 Å². The van der Waals surface area contributed by atoms with Crippen LogP contribution in [0.15, 0.2) is 170 Å². The summed E-state index contributed by atoms with van der Waals surface area (Å²) in [6.45, 7) is 4.05. The molecule has 10 heteroatoms. The normalized spacial score (nSPS) is 14.3. The van der Waals surface area contributed by atoms with Crippen molar-refractivity contribution in [3.63, 3.8) is 0 Å². The third-order valence-electron chi connectivity index (χ3n) is 13.2. The molecule has 0 fully saturated rings. The van der Waals surface area contributed by atoms with E-state index in [1.807, 2.05) is 21.1 Å². The maximum Gasteiger partial charge on any atom is 0.306 e. The number of unbranched alkanes of at least 4 members (excludes halogenated alkanes) is 16. The van der Waals surface area contributed by atoms with Crippen molar-refractivity contribution in [2.24, 2.45) is 0 Å². The third kappa shape index (κ3) is 66.5. The summed E-state index contributed by atoms with van der Waals surface area (Å²) >= 11 is 0. The Morgan fingerprint density at radius 1 is 0.381 bits per heavy atom. The second-order valence-electron chi connectivity index (χ2n) is 22.4. The van der Waals surface area contributed by atoms with Gasteiger partial charge < -0.3 is 27.9 Å². The van der Waals surface area contributed by atoms with Gasteiger partial charge in [0.25, 0.3) is 7.82 Å². The number of ether oxygens (including phenoxy) is 2. The zero-order valence-electron chi connectivity index (χ0n) is 53.8. The van der Waals surface area contributed by atoms with Crippen molar-refractivity contribution in [2.45, 2.75) is 238 Å². The van der Waals surface area contributed by atoms with E-state index >= 15 is 0 Å². The first kappa shape index (κ1) is 79.4. The number of allylic oxidation sites excluding steroid dienone is 28. The second-order valence-corrected chi connectivity index (χ2v) is 23.8. The lowest BCUT2D eigenvalue weighted by Gasteiger charge is -2.28. The van der Waals surface area contributed by atoms with Crippen molar-refractivity contribution in [2.75, 3.05) is 47.5 Å². The molecule has 84 heavy (non-hydrogen) atoms. The van der Waals surface area contributed by atoms with Crippen molar-refractivity contribution in [1.82, 2.24) is 0 Å². The molecule has 0 aromatic carbocycles. The Hall–Kier alpha value is -4.63. The maximum absolute atomic E-state index is 12.8. The molecule has 0 N–H and O–H groups in total. The van der Waals surface area contributed by atoms with Crippen LogP contribution in [0.2, 0.25) is 0 Å². The summed E-state index contributed by atoms with van der Waals surface area (Å²) in [6.07, 6.45) is 95.5. The minimum atomic E-state index is -4.66. The van der Waals surface area contributed by atoms with Gasteiger partial charge in [-0.1, -0.05) is 255 Å². The molecule has 0 aliphatic carbocycles. The number of carbonyl (C=O) groups is 2. The lowest BCUT2D eigenvalue weighted by Crippen LogP contribution is -2.37. The van der Waals surface area contributed by atoms with Gasteiger partial charge in [0.2, 0.25) is 0 Å². The molecular formula is C74H120NO8P. The summed E-state index contributed by atoms with van der Waals surface area (Å²) in [7, 11) is 1.12. The minimum absolute atomic E-state index is 0.0468. The van der Waals surface area contributed by atoms with Gasteiger partial charge >= 0.3 is 11.9 Å². The molecule has 0 saturated carbocycles. The fourth-order valence-corrected chi connectivity index (χ4v) is 8.92. The zero-order chi connectivity index (χ0) is 61.2. The van der Waals surface area contributed by atoms with Crippen LogP contribution in [0, 0.1) is 0 Å². The van der Waals surface area contributed by atoms with Crippen LogP contribution in [0.4, 0.5) is 0 Å². The van der Waals surface area contributed by atoms with Gasteiger partial charge in [-0.3, -0.25) is 14.2 Å². The van der Waals surface area contributed by atoms with Gasteiger partial charge in [-0.25, -0.2) is 0 Å². The Morgan fingerprint density at radius 3 is 1.01 bits per heavy atom. The number of carbonyl (C=O) groups excluding carboxylic acids is 2. The Morgan fingerprint density at radius 2 is 0.679 bits per heavy atom. The van der Waals surface area contributed by atoms with Crippen LogP contribution in [-0.4, -0.2) is 70.0 Å². The summed E-state index contributed by atoms with van der Waals surface area (Å²) in [5.41, 5.74) is 0. The molecule has 0 aliphatic rings. The van der Waals surface area contributed by atoms with Crippen molar-refractivity contribution in [3.05, 3.63) is 170 Å². The molecule has 0 aromatic rings. The number of phosphoric ester groups is 1. The number of nitrogens with zero attached hydrogens (tertiary/aromatic N) is 1. The van der Waals surface area contributed by atoms with Gasteiger partial charge in [0.15, 0.2) is 6.10 Å². The van der Waals surface area contributed by atoms with Gasteiger partial charge in [-0.15, -0.1) is 0 Å². The van der Waals surface area contributed by atoms with Gasteiger partial charge in [-0.05, 0) is 135 Å². The van der Waals surface area contributed by atoms with E-state index in [1.165, 1.54) is 38.5 Å². The molecule has 0 bridgehead atoms. The third-order valence-corrected chi connectivity index (χ3v) is 14.2. The van der Waals surface area contributed by atoms with Crippen molar-refractivity contribution in [1.29, 1.82) is 0 Å². The van der Waals surface area contributed by atoms with E-state index in [-0.39, 0.29) is 26.1 Å². The number of phosphoric acid groups is 1. The molecule has 0 spiro atoms. The fourth-order valence-electron chi connectivity index (χ4n) is 8.20. The monoisotopic (exact) mass is 1180 g/mol. The molecule has 0 amide bonds. The molecule has 0 rings (SSSR count). The van der Waals surface area contributed by atoms with Gasteiger partial charge in [0.05, 0.1) is 27.7 Å². The summed E-state index contributed by atoms with van der Waals surface area (Å²) < 4.78 is 34.2. The number of esters is 2. The first-order chi connectivity index (χ1) is 41.0. The smallest absolute Gasteiger partial charge is 0.306 e. The maximum atomic E-state index is 12.8. The Kier molecular flexibility index (Phi) is 59.4.